The topological polar surface area (TPSA) is 44.4 Å². The first kappa shape index (κ1) is 14.5. The van der Waals surface area contributed by atoms with Gasteiger partial charge in [0, 0.05) is 30.4 Å². The number of amides is 1. The Hall–Kier alpha value is -1.55. The Labute approximate surface area is 109 Å². The maximum atomic E-state index is 11.6. The third-order valence-electron chi connectivity index (χ3n) is 2.41. The molecule has 0 atom stereocenters. The molecule has 100 valence electrons. The molecular formula is C14H23N3O. The number of nitrogens with one attached hydrogen (secondary N) is 2. The zero-order valence-electron chi connectivity index (χ0n) is 11.7. The number of rotatable bonds is 6. The highest BCUT2D eigenvalue weighted by Crippen LogP contribution is 2.14. The smallest absolute Gasteiger partial charge is 0.225 e. The van der Waals surface area contributed by atoms with E-state index in [1.54, 1.807) is 0 Å². The second kappa shape index (κ2) is 7.01. The van der Waals surface area contributed by atoms with E-state index in [0.29, 0.717) is 12.5 Å². The Kier molecular flexibility index (Phi) is 5.65. The first-order chi connectivity index (χ1) is 8.47. The number of carbonyl (C=O) groups excluding carboxylic acids is 1. The van der Waals surface area contributed by atoms with E-state index in [9.17, 15) is 4.79 Å². The molecule has 0 aliphatic rings. The molecule has 1 aromatic carbocycles. The fourth-order valence-corrected chi connectivity index (χ4v) is 1.53. The molecule has 1 aromatic rings. The lowest BCUT2D eigenvalue weighted by Crippen LogP contribution is -2.20. The molecule has 0 bridgehead atoms. The summed E-state index contributed by atoms with van der Waals surface area (Å²) in [5.74, 6) is 0.0493. The van der Waals surface area contributed by atoms with Crippen LogP contribution in [0.2, 0.25) is 0 Å². The summed E-state index contributed by atoms with van der Waals surface area (Å²) in [6, 6.07) is 8.19. The van der Waals surface area contributed by atoms with Crippen LogP contribution >= 0.6 is 0 Å². The first-order valence-electron chi connectivity index (χ1n) is 6.28. The number of anilines is 2. The molecule has 0 heterocycles. The standard InChI is InChI=1S/C14H23N3O/c1-11(2)15-12-5-7-13(8-6-12)16-14(18)9-10-17(3)4/h5-8,11,15H,9-10H2,1-4H3,(H,16,18). The molecule has 2 N–H and O–H groups in total. The summed E-state index contributed by atoms with van der Waals surface area (Å²) in [4.78, 5) is 13.6. The molecule has 4 heteroatoms. The summed E-state index contributed by atoms with van der Waals surface area (Å²) in [6.07, 6.45) is 0.513. The van der Waals surface area contributed by atoms with Gasteiger partial charge in [-0.2, -0.15) is 0 Å². The van der Waals surface area contributed by atoms with E-state index in [1.165, 1.54) is 0 Å². The van der Waals surface area contributed by atoms with Crippen LogP contribution in [-0.4, -0.2) is 37.5 Å². The van der Waals surface area contributed by atoms with Gasteiger partial charge in [-0.05, 0) is 52.2 Å². The predicted molar refractivity (Wildman–Crippen MR) is 77.0 cm³/mol. The second-order valence-electron chi connectivity index (χ2n) is 4.98. The zero-order valence-corrected chi connectivity index (χ0v) is 11.7. The molecule has 0 aromatic heterocycles. The van der Waals surface area contributed by atoms with Gasteiger partial charge in [0.1, 0.15) is 0 Å². The molecule has 1 amide bonds. The molecule has 18 heavy (non-hydrogen) atoms. The average molecular weight is 249 g/mol. The number of carbonyl (C=O) groups is 1. The molecule has 0 spiro atoms. The van der Waals surface area contributed by atoms with E-state index in [-0.39, 0.29) is 5.91 Å². The summed E-state index contributed by atoms with van der Waals surface area (Å²) < 4.78 is 0. The van der Waals surface area contributed by atoms with Gasteiger partial charge < -0.3 is 15.5 Å². The van der Waals surface area contributed by atoms with Crippen molar-refractivity contribution in [2.45, 2.75) is 26.3 Å². The highest BCUT2D eigenvalue weighted by molar-refractivity contribution is 5.90. The van der Waals surface area contributed by atoms with Gasteiger partial charge >= 0.3 is 0 Å². The lowest BCUT2D eigenvalue weighted by molar-refractivity contribution is -0.116. The van der Waals surface area contributed by atoms with Gasteiger partial charge in [0.25, 0.3) is 0 Å². The molecule has 4 nitrogen and oxygen atoms in total. The summed E-state index contributed by atoms with van der Waals surface area (Å²) in [7, 11) is 3.92. The summed E-state index contributed by atoms with van der Waals surface area (Å²) in [6.45, 7) is 4.95. The van der Waals surface area contributed by atoms with Gasteiger partial charge in [0.2, 0.25) is 5.91 Å². The fourth-order valence-electron chi connectivity index (χ4n) is 1.53. The first-order valence-corrected chi connectivity index (χ1v) is 6.28. The van der Waals surface area contributed by atoms with Gasteiger partial charge in [-0.25, -0.2) is 0 Å². The molecule has 0 saturated carbocycles. The van der Waals surface area contributed by atoms with Gasteiger partial charge in [0.15, 0.2) is 0 Å². The van der Waals surface area contributed by atoms with E-state index in [1.807, 2.05) is 43.3 Å². The van der Waals surface area contributed by atoms with Crippen LogP contribution in [0.25, 0.3) is 0 Å². The van der Waals surface area contributed by atoms with Crippen molar-refractivity contribution in [3.63, 3.8) is 0 Å². The largest absolute Gasteiger partial charge is 0.383 e. The second-order valence-corrected chi connectivity index (χ2v) is 4.98. The van der Waals surface area contributed by atoms with Crippen LogP contribution in [0.1, 0.15) is 20.3 Å². The number of hydrogen-bond acceptors (Lipinski definition) is 3. The quantitative estimate of drug-likeness (QED) is 0.813. The van der Waals surface area contributed by atoms with Crippen LogP contribution in [0.5, 0.6) is 0 Å². The monoisotopic (exact) mass is 249 g/mol. The van der Waals surface area contributed by atoms with E-state index >= 15 is 0 Å². The van der Waals surface area contributed by atoms with Crippen LogP contribution < -0.4 is 10.6 Å². The fraction of sp³-hybridized carbons (Fsp3) is 0.500. The Morgan fingerprint density at radius 1 is 1.17 bits per heavy atom. The van der Waals surface area contributed by atoms with E-state index < -0.39 is 0 Å². The van der Waals surface area contributed by atoms with Crippen molar-refractivity contribution in [2.75, 3.05) is 31.3 Å². The lowest BCUT2D eigenvalue weighted by atomic mass is 10.2. The van der Waals surface area contributed by atoms with Crippen molar-refractivity contribution < 1.29 is 4.79 Å². The highest BCUT2D eigenvalue weighted by atomic mass is 16.1. The third-order valence-corrected chi connectivity index (χ3v) is 2.41. The van der Waals surface area contributed by atoms with Gasteiger partial charge in [-0.15, -0.1) is 0 Å². The molecule has 0 saturated heterocycles. The van der Waals surface area contributed by atoms with Gasteiger partial charge in [-0.1, -0.05) is 0 Å². The van der Waals surface area contributed by atoms with Gasteiger partial charge in [0.05, 0.1) is 0 Å². The Morgan fingerprint density at radius 3 is 2.22 bits per heavy atom. The molecule has 0 fully saturated rings. The van der Waals surface area contributed by atoms with Crippen molar-refractivity contribution in [3.05, 3.63) is 24.3 Å². The SMILES string of the molecule is CC(C)Nc1ccc(NC(=O)CCN(C)C)cc1. The number of hydrogen-bond donors (Lipinski definition) is 2. The Bertz CT molecular complexity index is 371. The average Bonchev–Trinajstić information content (AvgIpc) is 2.28. The van der Waals surface area contributed by atoms with E-state index in [0.717, 1.165) is 17.9 Å². The van der Waals surface area contributed by atoms with Crippen LogP contribution in [0.4, 0.5) is 11.4 Å². The molecule has 0 aliphatic carbocycles. The minimum absolute atomic E-state index is 0.0493. The summed E-state index contributed by atoms with van der Waals surface area (Å²) in [5.41, 5.74) is 1.91. The lowest BCUT2D eigenvalue weighted by Gasteiger charge is -2.12. The normalized spacial score (nSPS) is 10.8. The predicted octanol–water partition coefficient (Wildman–Crippen LogP) is 2.40. The maximum absolute atomic E-state index is 11.6. The van der Waals surface area contributed by atoms with E-state index in [4.69, 9.17) is 0 Å². The summed E-state index contributed by atoms with van der Waals surface area (Å²) in [5, 5.41) is 6.19. The number of nitrogens with zero attached hydrogens (tertiary/aromatic N) is 1. The Morgan fingerprint density at radius 2 is 1.72 bits per heavy atom. The van der Waals surface area contributed by atoms with Crippen LogP contribution in [0.3, 0.4) is 0 Å². The molecule has 1 rings (SSSR count). The summed E-state index contributed by atoms with van der Waals surface area (Å²) >= 11 is 0. The van der Waals surface area contributed by atoms with Crippen molar-refractivity contribution >= 4 is 17.3 Å². The van der Waals surface area contributed by atoms with Gasteiger partial charge in [-0.3, -0.25) is 4.79 Å². The van der Waals surface area contributed by atoms with Crippen molar-refractivity contribution in [2.24, 2.45) is 0 Å². The molecular weight excluding hydrogens is 226 g/mol. The molecule has 0 unspecified atom stereocenters. The zero-order chi connectivity index (χ0) is 13.5. The molecule has 0 aliphatic heterocycles. The minimum atomic E-state index is 0.0493. The van der Waals surface area contributed by atoms with Crippen molar-refractivity contribution in [3.8, 4) is 0 Å². The van der Waals surface area contributed by atoms with Crippen LogP contribution in [0.15, 0.2) is 24.3 Å². The highest BCUT2D eigenvalue weighted by Gasteiger charge is 2.03. The van der Waals surface area contributed by atoms with Crippen LogP contribution in [0, 0.1) is 0 Å². The third kappa shape index (κ3) is 5.68. The minimum Gasteiger partial charge on any atom is -0.383 e. The van der Waals surface area contributed by atoms with Crippen molar-refractivity contribution in [1.82, 2.24) is 4.90 Å². The maximum Gasteiger partial charge on any atom is 0.225 e. The Balaban J connectivity index is 2.45. The van der Waals surface area contributed by atoms with Crippen LogP contribution in [-0.2, 0) is 4.79 Å². The number of benzene rings is 1. The van der Waals surface area contributed by atoms with Crippen molar-refractivity contribution in [1.29, 1.82) is 0 Å². The van der Waals surface area contributed by atoms with E-state index in [2.05, 4.69) is 24.5 Å². The molecule has 0 radical (unpaired) electrons.